The molecule has 2 amide bonds. The van der Waals surface area contributed by atoms with Crippen LogP contribution in [0.15, 0.2) is 0 Å². The number of hydrogen-bond donors (Lipinski definition) is 2. The number of carbonyl (C=O) groups excluding carboxylic acids is 2. The summed E-state index contributed by atoms with van der Waals surface area (Å²) in [6.45, 7) is 7.01. The Morgan fingerprint density at radius 1 is 1.10 bits per heavy atom. The van der Waals surface area contributed by atoms with E-state index in [0.717, 1.165) is 12.8 Å². The lowest BCUT2D eigenvalue weighted by Crippen LogP contribution is -2.49. The number of nitrogens with one attached hydrogen (secondary N) is 1. The van der Waals surface area contributed by atoms with Crippen molar-refractivity contribution in [2.75, 3.05) is 13.1 Å². The summed E-state index contributed by atoms with van der Waals surface area (Å²) in [5, 5.41) is 11.7. The Labute approximate surface area is 124 Å². The Kier molecular flexibility index (Phi) is 4.25. The largest absolute Gasteiger partial charge is 0.481 e. The molecule has 6 nitrogen and oxygen atoms in total. The summed E-state index contributed by atoms with van der Waals surface area (Å²) >= 11 is 0. The molecule has 0 aromatic rings. The monoisotopic (exact) mass is 296 g/mol. The van der Waals surface area contributed by atoms with Gasteiger partial charge < -0.3 is 15.3 Å². The highest BCUT2D eigenvalue weighted by Crippen LogP contribution is 2.38. The number of nitrogens with zero attached hydrogens (tertiary/aromatic N) is 1. The summed E-state index contributed by atoms with van der Waals surface area (Å²) in [6.07, 6.45) is 1.92. The quantitative estimate of drug-likeness (QED) is 0.808. The van der Waals surface area contributed by atoms with Crippen LogP contribution in [0.3, 0.4) is 0 Å². The Balaban J connectivity index is 1.76. The SMILES string of the molecule is CC(C)(C)C(=O)N1CCC(NC(=O)[C@@H]2C[C@@H]2C(=O)O)CC1. The van der Waals surface area contributed by atoms with Gasteiger partial charge in [0.25, 0.3) is 0 Å². The van der Waals surface area contributed by atoms with Crippen molar-refractivity contribution in [1.29, 1.82) is 0 Å². The zero-order chi connectivity index (χ0) is 15.8. The number of hydrogen-bond acceptors (Lipinski definition) is 3. The molecule has 1 saturated carbocycles. The second-order valence-electron chi connectivity index (χ2n) is 7.11. The van der Waals surface area contributed by atoms with Crippen LogP contribution < -0.4 is 5.32 Å². The van der Waals surface area contributed by atoms with Gasteiger partial charge >= 0.3 is 5.97 Å². The molecule has 1 heterocycles. The molecule has 1 saturated heterocycles. The first-order valence-corrected chi connectivity index (χ1v) is 7.52. The Hall–Kier alpha value is -1.59. The number of carboxylic acid groups (broad SMARTS) is 1. The number of aliphatic carboxylic acids is 1. The summed E-state index contributed by atoms with van der Waals surface area (Å²) in [6, 6.07) is 0.0524. The first-order valence-electron chi connectivity index (χ1n) is 7.52. The lowest BCUT2D eigenvalue weighted by molar-refractivity contribution is -0.141. The fourth-order valence-corrected chi connectivity index (χ4v) is 2.77. The van der Waals surface area contributed by atoms with Gasteiger partial charge in [-0.25, -0.2) is 0 Å². The van der Waals surface area contributed by atoms with Gasteiger partial charge in [0.2, 0.25) is 11.8 Å². The molecular formula is C15H24N2O4. The lowest BCUT2D eigenvalue weighted by atomic mass is 9.93. The van der Waals surface area contributed by atoms with Crippen LogP contribution in [-0.4, -0.2) is 46.9 Å². The zero-order valence-corrected chi connectivity index (χ0v) is 12.9. The minimum atomic E-state index is -0.888. The minimum Gasteiger partial charge on any atom is -0.481 e. The van der Waals surface area contributed by atoms with Crippen molar-refractivity contribution < 1.29 is 19.5 Å². The van der Waals surface area contributed by atoms with Crippen LogP contribution >= 0.6 is 0 Å². The highest BCUT2D eigenvalue weighted by Gasteiger charge is 2.48. The third kappa shape index (κ3) is 3.74. The normalized spacial score (nSPS) is 26.3. The maximum absolute atomic E-state index is 12.2. The van der Waals surface area contributed by atoms with Crippen LogP contribution in [0.5, 0.6) is 0 Å². The molecule has 2 atom stereocenters. The van der Waals surface area contributed by atoms with Gasteiger partial charge in [0.15, 0.2) is 0 Å². The smallest absolute Gasteiger partial charge is 0.307 e. The Morgan fingerprint density at radius 2 is 1.67 bits per heavy atom. The maximum atomic E-state index is 12.2. The molecule has 1 aliphatic carbocycles. The summed E-state index contributed by atoms with van der Waals surface area (Å²) in [7, 11) is 0. The number of piperidine rings is 1. The molecule has 21 heavy (non-hydrogen) atoms. The number of carbonyl (C=O) groups is 3. The number of likely N-dealkylation sites (tertiary alicyclic amines) is 1. The highest BCUT2D eigenvalue weighted by molar-refractivity contribution is 5.89. The summed E-state index contributed by atoms with van der Waals surface area (Å²) in [5.41, 5.74) is -0.376. The predicted molar refractivity (Wildman–Crippen MR) is 76.4 cm³/mol. The van der Waals surface area contributed by atoms with Crippen LogP contribution in [0.4, 0.5) is 0 Å². The molecule has 6 heteroatoms. The molecule has 118 valence electrons. The summed E-state index contributed by atoms with van der Waals surface area (Å²) in [4.78, 5) is 36.7. The molecule has 0 radical (unpaired) electrons. The standard InChI is InChI=1S/C15H24N2O4/c1-15(2,3)14(21)17-6-4-9(5-7-17)16-12(18)10-8-11(10)13(19)20/h9-11H,4-8H2,1-3H3,(H,16,18)(H,19,20)/t10-,11+/m1/s1. The van der Waals surface area contributed by atoms with Gasteiger partial charge in [-0.15, -0.1) is 0 Å². The summed E-state index contributed by atoms with van der Waals surface area (Å²) in [5.74, 6) is -1.77. The van der Waals surface area contributed by atoms with Gasteiger partial charge in [-0.3, -0.25) is 14.4 Å². The van der Waals surface area contributed by atoms with Crippen LogP contribution in [0.1, 0.15) is 40.0 Å². The van der Waals surface area contributed by atoms with E-state index in [1.54, 1.807) is 0 Å². The van der Waals surface area contributed by atoms with Crippen LogP contribution in [-0.2, 0) is 14.4 Å². The van der Waals surface area contributed by atoms with E-state index < -0.39 is 11.9 Å². The van der Waals surface area contributed by atoms with E-state index in [2.05, 4.69) is 5.32 Å². The van der Waals surface area contributed by atoms with Crippen molar-refractivity contribution in [2.45, 2.75) is 46.1 Å². The van der Waals surface area contributed by atoms with Gasteiger partial charge in [0.1, 0.15) is 0 Å². The second-order valence-corrected chi connectivity index (χ2v) is 7.11. The van der Waals surface area contributed by atoms with E-state index >= 15 is 0 Å². The van der Waals surface area contributed by atoms with Crippen molar-refractivity contribution in [2.24, 2.45) is 17.3 Å². The Bertz CT molecular complexity index is 447. The van der Waals surface area contributed by atoms with Gasteiger partial charge in [0.05, 0.1) is 11.8 Å². The van der Waals surface area contributed by atoms with Crippen LogP contribution in [0, 0.1) is 17.3 Å². The van der Waals surface area contributed by atoms with E-state index in [1.165, 1.54) is 0 Å². The molecule has 2 fully saturated rings. The first-order chi connectivity index (χ1) is 9.70. The molecule has 2 N–H and O–H groups in total. The third-order valence-electron chi connectivity index (χ3n) is 4.21. The van der Waals surface area contributed by atoms with E-state index in [9.17, 15) is 14.4 Å². The molecule has 1 aliphatic heterocycles. The molecule has 0 unspecified atom stereocenters. The molecule has 0 spiro atoms. The number of amides is 2. The van der Waals surface area contributed by atoms with Gasteiger partial charge in [-0.05, 0) is 19.3 Å². The molecule has 0 bridgehead atoms. The van der Waals surface area contributed by atoms with Gasteiger partial charge in [-0.2, -0.15) is 0 Å². The van der Waals surface area contributed by atoms with Gasteiger partial charge in [-0.1, -0.05) is 20.8 Å². The summed E-state index contributed by atoms with van der Waals surface area (Å²) < 4.78 is 0. The van der Waals surface area contributed by atoms with Crippen molar-refractivity contribution in [3.8, 4) is 0 Å². The van der Waals surface area contributed by atoms with Crippen molar-refractivity contribution in [1.82, 2.24) is 10.2 Å². The number of carboxylic acids is 1. The average molecular weight is 296 g/mol. The first kappa shape index (κ1) is 15.8. The van der Waals surface area contributed by atoms with Crippen molar-refractivity contribution >= 4 is 17.8 Å². The fraction of sp³-hybridized carbons (Fsp3) is 0.800. The predicted octanol–water partition coefficient (Wildman–Crippen LogP) is 0.860. The minimum absolute atomic E-state index is 0.0524. The molecule has 0 aromatic heterocycles. The lowest BCUT2D eigenvalue weighted by Gasteiger charge is -2.36. The van der Waals surface area contributed by atoms with E-state index in [0.29, 0.717) is 19.5 Å². The van der Waals surface area contributed by atoms with Crippen LogP contribution in [0.25, 0.3) is 0 Å². The number of rotatable bonds is 3. The van der Waals surface area contributed by atoms with E-state index in [-0.39, 0.29) is 29.2 Å². The maximum Gasteiger partial charge on any atom is 0.307 e. The molecule has 2 aliphatic rings. The molecule has 2 rings (SSSR count). The third-order valence-corrected chi connectivity index (χ3v) is 4.21. The molecular weight excluding hydrogens is 272 g/mol. The Morgan fingerprint density at radius 3 is 2.10 bits per heavy atom. The van der Waals surface area contributed by atoms with E-state index in [1.807, 2.05) is 25.7 Å². The van der Waals surface area contributed by atoms with Crippen molar-refractivity contribution in [3.05, 3.63) is 0 Å². The van der Waals surface area contributed by atoms with Gasteiger partial charge in [0, 0.05) is 24.5 Å². The fourth-order valence-electron chi connectivity index (χ4n) is 2.77. The van der Waals surface area contributed by atoms with Crippen molar-refractivity contribution in [3.63, 3.8) is 0 Å². The van der Waals surface area contributed by atoms with Crippen LogP contribution in [0.2, 0.25) is 0 Å². The van der Waals surface area contributed by atoms with E-state index in [4.69, 9.17) is 5.11 Å². The highest BCUT2D eigenvalue weighted by atomic mass is 16.4. The topological polar surface area (TPSA) is 86.7 Å². The molecule has 0 aromatic carbocycles. The zero-order valence-electron chi connectivity index (χ0n) is 12.9. The average Bonchev–Trinajstić information content (AvgIpc) is 3.18. The second kappa shape index (κ2) is 5.66.